The van der Waals surface area contributed by atoms with Crippen molar-refractivity contribution in [1.82, 2.24) is 14.1 Å². The van der Waals surface area contributed by atoms with Crippen LogP contribution in [-0.2, 0) is 30.3 Å². The molecule has 2 aromatic heterocycles. The third-order valence-electron chi connectivity index (χ3n) is 3.86. The van der Waals surface area contributed by atoms with Gasteiger partial charge in [0, 0.05) is 18.9 Å². The Kier molecular flexibility index (Phi) is 15.5. The minimum atomic E-state index is -6.23. The highest BCUT2D eigenvalue weighted by Gasteiger charge is 2.48. The van der Waals surface area contributed by atoms with E-state index in [2.05, 4.69) is 51.3 Å². The number of aromatic nitrogens is 4. The van der Waals surface area contributed by atoms with Crippen LogP contribution < -0.4 is 4.57 Å². The van der Waals surface area contributed by atoms with E-state index in [1.807, 2.05) is 26.4 Å². The molecule has 0 aliphatic rings. The van der Waals surface area contributed by atoms with E-state index in [0.717, 1.165) is 18.9 Å². The molecule has 2 heterocycles. The van der Waals surface area contributed by atoms with Gasteiger partial charge in [-0.05, 0) is 19.8 Å². The summed E-state index contributed by atoms with van der Waals surface area (Å²) in [6.45, 7) is 8.71. The lowest BCUT2D eigenvalue weighted by atomic mass is 10.3. The first kappa shape index (κ1) is 31.5. The van der Waals surface area contributed by atoms with Gasteiger partial charge in [-0.1, -0.05) is 26.7 Å². The fraction of sp³-hybridized carbons (Fsp3) is 0.667. The molecular weight excluding hydrogens is 464 g/mol. The quantitative estimate of drug-likeness (QED) is 0.316. The van der Waals surface area contributed by atoms with Crippen LogP contribution in [0.1, 0.15) is 45.4 Å². The zero-order valence-corrected chi connectivity index (χ0v) is 19.7. The molecule has 0 saturated heterocycles. The average molecular weight is 495 g/mol. The minimum absolute atomic E-state index is 0. The van der Waals surface area contributed by atoms with Crippen molar-refractivity contribution in [3.05, 3.63) is 36.9 Å². The number of hydrogen-bond donors (Lipinski definition) is 0. The van der Waals surface area contributed by atoms with E-state index in [4.69, 9.17) is 0 Å². The van der Waals surface area contributed by atoms with Crippen LogP contribution in [-0.4, -0.2) is 38.8 Å². The van der Waals surface area contributed by atoms with Crippen molar-refractivity contribution in [2.24, 2.45) is 7.05 Å². The summed E-state index contributed by atoms with van der Waals surface area (Å²) in [5.41, 5.74) is 0. The monoisotopic (exact) mass is 494 g/mol. The highest BCUT2D eigenvalue weighted by molar-refractivity contribution is 7.86. The van der Waals surface area contributed by atoms with Crippen molar-refractivity contribution in [2.45, 2.75) is 71.2 Å². The summed E-state index contributed by atoms with van der Waals surface area (Å²) in [4.78, 5) is 4.13. The van der Waals surface area contributed by atoms with Crippen LogP contribution in [0, 0.1) is 6.92 Å². The van der Waals surface area contributed by atoms with E-state index in [1.165, 1.54) is 25.7 Å². The Balaban J connectivity index is 0. The highest BCUT2D eigenvalue weighted by atomic mass is 35.5. The Morgan fingerprint density at radius 2 is 1.71 bits per heavy atom. The van der Waals surface area contributed by atoms with Gasteiger partial charge in [-0.2, -0.15) is 8.78 Å². The molecule has 31 heavy (non-hydrogen) atoms. The maximum atomic E-state index is 11.4. The smallest absolute Gasteiger partial charge is 0.393 e. The lowest BCUT2D eigenvalue weighted by Gasteiger charge is -2.17. The number of unbranched alkanes of at least 4 members (excludes halogenated alkanes) is 2. The van der Waals surface area contributed by atoms with Crippen LogP contribution in [0.3, 0.4) is 0 Å². The van der Waals surface area contributed by atoms with Gasteiger partial charge in [0.25, 0.3) is 0 Å². The van der Waals surface area contributed by atoms with Crippen LogP contribution in [0.15, 0.2) is 31.1 Å². The van der Waals surface area contributed by atoms with Gasteiger partial charge in [-0.15, -0.1) is 12.4 Å². The molecule has 0 aliphatic heterocycles. The first-order valence-corrected chi connectivity index (χ1v) is 10.9. The van der Waals surface area contributed by atoms with Gasteiger partial charge in [0.15, 0.2) is 10.1 Å². The van der Waals surface area contributed by atoms with Gasteiger partial charge in [0.1, 0.15) is 18.2 Å². The standard InChI is InChI=1S/C8H14N2.C8H15N2.C2H2F4O3S.ClH/c1-3-4-6-10-7-5-9-8(10)2;1-3-4-5-10-7-6-9(2)8-10;3-1(4)2(5,6)10(7,8)9;/h5,7H,3-4,6H2,1-2H3;6-8H,3-5H2,1-2H3;1H,(H,7,8,9);1H/q;+1;;/p-1. The van der Waals surface area contributed by atoms with Crippen LogP contribution in [0.25, 0.3) is 0 Å². The van der Waals surface area contributed by atoms with Crippen LogP contribution >= 0.6 is 12.4 Å². The normalized spacial score (nSPS) is 11.2. The van der Waals surface area contributed by atoms with Crippen molar-refractivity contribution in [1.29, 1.82) is 0 Å². The average Bonchev–Trinajstić information content (AvgIpc) is 3.26. The lowest BCUT2D eigenvalue weighted by Crippen LogP contribution is -2.36. The molecule has 0 aromatic carbocycles. The Morgan fingerprint density at radius 1 is 1.16 bits per heavy atom. The number of hydrogen-bond acceptors (Lipinski definition) is 4. The van der Waals surface area contributed by atoms with Crippen molar-refractivity contribution < 1.29 is 35.1 Å². The van der Waals surface area contributed by atoms with Gasteiger partial charge in [0.2, 0.25) is 6.33 Å². The lowest BCUT2D eigenvalue weighted by molar-refractivity contribution is -0.671. The summed E-state index contributed by atoms with van der Waals surface area (Å²) >= 11 is 0. The van der Waals surface area contributed by atoms with E-state index < -0.39 is 21.8 Å². The Bertz CT molecular complexity index is 829. The van der Waals surface area contributed by atoms with Crippen LogP contribution in [0.4, 0.5) is 17.6 Å². The molecule has 0 aliphatic carbocycles. The predicted molar refractivity (Wildman–Crippen MR) is 110 cm³/mol. The number of halogens is 5. The maximum absolute atomic E-state index is 11.4. The van der Waals surface area contributed by atoms with E-state index in [9.17, 15) is 30.5 Å². The topological polar surface area (TPSA) is 83.8 Å². The third kappa shape index (κ3) is 12.1. The Morgan fingerprint density at radius 3 is 2.03 bits per heavy atom. The molecule has 0 fully saturated rings. The molecule has 0 bridgehead atoms. The van der Waals surface area contributed by atoms with Gasteiger partial charge < -0.3 is 9.12 Å². The number of imidazole rings is 2. The molecule has 0 radical (unpaired) electrons. The molecule has 7 nitrogen and oxygen atoms in total. The number of rotatable bonds is 8. The summed E-state index contributed by atoms with van der Waals surface area (Å²) in [6, 6.07) is 0. The molecule has 182 valence electrons. The Hall–Kier alpha value is -1.66. The van der Waals surface area contributed by atoms with Crippen molar-refractivity contribution in [3.8, 4) is 0 Å². The van der Waals surface area contributed by atoms with Crippen molar-refractivity contribution >= 4 is 22.5 Å². The fourth-order valence-corrected chi connectivity index (χ4v) is 2.27. The van der Waals surface area contributed by atoms with E-state index >= 15 is 0 Å². The van der Waals surface area contributed by atoms with Gasteiger partial charge in [-0.25, -0.2) is 31.3 Å². The third-order valence-corrected chi connectivity index (χ3v) is 4.70. The van der Waals surface area contributed by atoms with Crippen molar-refractivity contribution in [2.75, 3.05) is 0 Å². The van der Waals surface area contributed by atoms with Crippen LogP contribution in [0.2, 0.25) is 0 Å². The SMILES string of the molecule is CCCCn1cc[n+](C)c1.CCCCn1ccnc1C.Cl.O=S(=O)([O-])C(F)(F)C(F)F. The Labute approximate surface area is 187 Å². The molecule has 2 rings (SSSR count). The van der Waals surface area contributed by atoms with Gasteiger partial charge in [-0.3, -0.25) is 0 Å². The van der Waals surface area contributed by atoms with E-state index in [-0.39, 0.29) is 12.4 Å². The predicted octanol–water partition coefficient (Wildman–Crippen LogP) is 3.92. The first-order chi connectivity index (χ1) is 13.9. The summed E-state index contributed by atoms with van der Waals surface area (Å²) in [7, 11) is -4.19. The summed E-state index contributed by atoms with van der Waals surface area (Å²) in [5.74, 6) is 1.12. The largest absolute Gasteiger partial charge is 0.743 e. The number of aryl methyl sites for hydroxylation is 4. The van der Waals surface area contributed by atoms with Crippen LogP contribution in [0.5, 0.6) is 0 Å². The molecule has 0 spiro atoms. The maximum Gasteiger partial charge on any atom is 0.393 e. The summed E-state index contributed by atoms with van der Waals surface area (Å²) < 4.78 is 79.2. The van der Waals surface area contributed by atoms with Gasteiger partial charge in [0.05, 0.1) is 13.6 Å². The van der Waals surface area contributed by atoms with Crippen molar-refractivity contribution in [3.63, 3.8) is 0 Å². The second-order valence-electron chi connectivity index (χ2n) is 6.51. The molecule has 2 aromatic rings. The molecule has 0 saturated carbocycles. The van der Waals surface area contributed by atoms with E-state index in [1.54, 1.807) is 0 Å². The highest BCUT2D eigenvalue weighted by Crippen LogP contribution is 2.27. The van der Waals surface area contributed by atoms with E-state index in [0.29, 0.717) is 0 Å². The molecular formula is C18H31ClF4N4O3S. The summed E-state index contributed by atoms with van der Waals surface area (Å²) in [6.07, 6.45) is 10.7. The number of alkyl halides is 4. The fourth-order valence-electron chi connectivity index (χ4n) is 2.05. The minimum Gasteiger partial charge on any atom is -0.743 e. The second-order valence-corrected chi connectivity index (χ2v) is 7.96. The molecule has 13 heteroatoms. The number of nitrogens with zero attached hydrogens (tertiary/aromatic N) is 4. The first-order valence-electron chi connectivity index (χ1n) is 9.46. The summed E-state index contributed by atoms with van der Waals surface area (Å²) in [5, 5.41) is -5.48. The molecule has 0 atom stereocenters. The second kappa shape index (κ2) is 15.2. The molecule has 0 N–H and O–H groups in total. The zero-order chi connectivity index (χ0) is 23.4. The molecule has 0 unspecified atom stereocenters. The van der Waals surface area contributed by atoms with Gasteiger partial charge >= 0.3 is 11.7 Å². The molecule has 0 amide bonds. The zero-order valence-electron chi connectivity index (χ0n) is 18.0.